The molecule has 2 heterocycles. The predicted molar refractivity (Wildman–Crippen MR) is 163 cm³/mol. The fraction of sp³-hybridized carbons (Fsp3) is 0.290. The molecule has 2 atom stereocenters. The van der Waals surface area contributed by atoms with Crippen molar-refractivity contribution in [3.8, 4) is 22.8 Å². The van der Waals surface area contributed by atoms with Gasteiger partial charge in [-0.15, -0.1) is 18.3 Å². The fourth-order valence-corrected chi connectivity index (χ4v) is 6.01. The van der Waals surface area contributed by atoms with E-state index in [1.807, 2.05) is 43.3 Å². The molecule has 1 fully saturated rings. The number of nitrogens with zero attached hydrogens (tertiary/aromatic N) is 5. The van der Waals surface area contributed by atoms with Crippen LogP contribution in [-0.2, 0) is 6.42 Å². The summed E-state index contributed by atoms with van der Waals surface area (Å²) in [6, 6.07) is 20.6. The molecule has 0 bridgehead atoms. The highest BCUT2D eigenvalue weighted by molar-refractivity contribution is 8.14. The van der Waals surface area contributed by atoms with E-state index in [0.717, 1.165) is 35.4 Å². The van der Waals surface area contributed by atoms with Gasteiger partial charge in [0.2, 0.25) is 0 Å². The van der Waals surface area contributed by atoms with E-state index in [0.29, 0.717) is 16.7 Å². The summed E-state index contributed by atoms with van der Waals surface area (Å²) in [5, 5.41) is 8.12. The molecule has 1 aliphatic heterocycles. The average Bonchev–Trinajstić information content (AvgIpc) is 3.47. The maximum atomic E-state index is 13.0. The number of benzene rings is 3. The number of anilines is 1. The van der Waals surface area contributed by atoms with E-state index in [1.165, 1.54) is 40.8 Å². The number of rotatable bonds is 7. The van der Waals surface area contributed by atoms with Crippen LogP contribution in [0.5, 0.6) is 5.75 Å². The number of hydrogen-bond acceptors (Lipinski definition) is 5. The van der Waals surface area contributed by atoms with Crippen LogP contribution in [0, 0.1) is 0 Å². The Morgan fingerprint density at radius 2 is 1.84 bits per heavy atom. The van der Waals surface area contributed by atoms with Gasteiger partial charge in [-0.25, -0.2) is 14.5 Å². The van der Waals surface area contributed by atoms with E-state index < -0.39 is 12.4 Å². The molecule has 224 valence electrons. The highest BCUT2D eigenvalue weighted by atomic mass is 32.2. The number of carbonyl (C=O) groups excluding carboxylic acids is 1. The lowest BCUT2D eigenvalue weighted by Crippen LogP contribution is -2.42. The summed E-state index contributed by atoms with van der Waals surface area (Å²) >= 11 is 1.59. The number of ether oxygens (including phenoxy) is 1. The van der Waals surface area contributed by atoms with Gasteiger partial charge in [-0.1, -0.05) is 61.2 Å². The largest absolute Gasteiger partial charge is 0.573 e. The van der Waals surface area contributed by atoms with Gasteiger partial charge in [0.15, 0.2) is 11.0 Å². The second-order valence-corrected chi connectivity index (χ2v) is 11.1. The van der Waals surface area contributed by atoms with Crippen molar-refractivity contribution in [1.82, 2.24) is 20.1 Å². The molecule has 2 amide bonds. The number of urea groups is 1. The van der Waals surface area contributed by atoms with Crippen molar-refractivity contribution >= 4 is 28.6 Å². The highest BCUT2D eigenvalue weighted by Gasteiger charge is 2.31. The molecule has 1 N–H and O–H groups in total. The Morgan fingerprint density at radius 1 is 1.12 bits per heavy atom. The quantitative estimate of drug-likeness (QED) is 0.233. The number of para-hydroxylation sites is 1. The Hall–Kier alpha value is -4.32. The molecule has 1 saturated heterocycles. The summed E-state index contributed by atoms with van der Waals surface area (Å²) in [7, 11) is 0. The zero-order valence-corrected chi connectivity index (χ0v) is 24.7. The maximum Gasteiger partial charge on any atom is 0.573 e. The smallest absolute Gasteiger partial charge is 0.406 e. The highest BCUT2D eigenvalue weighted by Crippen LogP contribution is 2.32. The van der Waals surface area contributed by atoms with E-state index in [2.05, 4.69) is 56.0 Å². The molecule has 3 aromatic carbocycles. The predicted octanol–water partition coefficient (Wildman–Crippen LogP) is 7.55. The van der Waals surface area contributed by atoms with Gasteiger partial charge in [-0.3, -0.25) is 0 Å². The standard InChI is InChI=1S/C31H31F3N6O2S/c1-4-22-7-5-6-8-27(22)40-20(2)17-18-43-30(40)37-29(41)36-21(3)23-9-11-24(12-10-23)28-35-19-39(38-28)25-13-15-26(16-14-25)42-31(32,33)34/h5-16,19-21H,4,17-18H2,1-3H3,(H,36,41). The van der Waals surface area contributed by atoms with Crippen LogP contribution in [0.25, 0.3) is 17.1 Å². The van der Waals surface area contributed by atoms with Gasteiger partial charge >= 0.3 is 12.4 Å². The van der Waals surface area contributed by atoms with E-state index >= 15 is 0 Å². The summed E-state index contributed by atoms with van der Waals surface area (Å²) in [4.78, 5) is 24.0. The number of thioether (sulfide) groups is 1. The SMILES string of the molecule is CCc1ccccc1N1C(=NC(=O)NC(C)c2ccc(-c3ncn(-c4ccc(OC(F)(F)F)cc4)n3)cc2)SCCC1C. The minimum atomic E-state index is -4.75. The van der Waals surface area contributed by atoms with Crippen LogP contribution in [0.15, 0.2) is 84.1 Å². The van der Waals surface area contributed by atoms with Crippen molar-refractivity contribution in [2.45, 2.75) is 52.1 Å². The molecule has 1 aromatic heterocycles. The lowest BCUT2D eigenvalue weighted by atomic mass is 10.1. The third-order valence-corrected chi connectivity index (χ3v) is 8.06. The molecule has 0 radical (unpaired) electrons. The Bertz CT molecular complexity index is 1590. The Morgan fingerprint density at radius 3 is 2.53 bits per heavy atom. The molecular weight excluding hydrogens is 577 g/mol. The van der Waals surface area contributed by atoms with Crippen molar-refractivity contribution in [3.63, 3.8) is 0 Å². The van der Waals surface area contributed by atoms with Crippen LogP contribution in [0.3, 0.4) is 0 Å². The Kier molecular flexibility index (Phi) is 9.05. The van der Waals surface area contributed by atoms with Crippen LogP contribution in [0.2, 0.25) is 0 Å². The van der Waals surface area contributed by atoms with Crippen LogP contribution in [0.4, 0.5) is 23.7 Å². The van der Waals surface area contributed by atoms with Gasteiger partial charge in [0, 0.05) is 23.0 Å². The topological polar surface area (TPSA) is 84.6 Å². The maximum absolute atomic E-state index is 13.0. The number of hydrogen-bond donors (Lipinski definition) is 1. The monoisotopic (exact) mass is 608 g/mol. The number of carbonyl (C=O) groups is 1. The summed E-state index contributed by atoms with van der Waals surface area (Å²) in [6.45, 7) is 6.18. The number of halogens is 3. The molecule has 4 aromatic rings. The van der Waals surface area contributed by atoms with Crippen LogP contribution in [0.1, 0.15) is 44.4 Å². The van der Waals surface area contributed by atoms with Crippen molar-refractivity contribution in [1.29, 1.82) is 0 Å². The van der Waals surface area contributed by atoms with Gasteiger partial charge in [-0.2, -0.15) is 4.99 Å². The van der Waals surface area contributed by atoms with Gasteiger partial charge in [0.1, 0.15) is 12.1 Å². The van der Waals surface area contributed by atoms with Crippen LogP contribution in [-0.4, -0.2) is 44.1 Å². The van der Waals surface area contributed by atoms with E-state index in [-0.39, 0.29) is 17.8 Å². The first-order valence-electron chi connectivity index (χ1n) is 13.9. The number of nitrogens with one attached hydrogen (secondary N) is 1. The summed E-state index contributed by atoms with van der Waals surface area (Å²) in [5.41, 5.74) is 4.46. The normalized spacial score (nSPS) is 17.1. The zero-order chi connectivity index (χ0) is 30.6. The lowest BCUT2D eigenvalue weighted by Gasteiger charge is -2.36. The lowest BCUT2D eigenvalue weighted by molar-refractivity contribution is -0.274. The number of aliphatic imine (C=N–C) groups is 1. The third kappa shape index (κ3) is 7.37. The molecule has 43 heavy (non-hydrogen) atoms. The van der Waals surface area contributed by atoms with E-state index in [4.69, 9.17) is 0 Å². The summed E-state index contributed by atoms with van der Waals surface area (Å²) in [5.74, 6) is 1.03. The molecule has 0 saturated carbocycles. The number of amidine groups is 1. The minimum Gasteiger partial charge on any atom is -0.406 e. The van der Waals surface area contributed by atoms with Crippen molar-refractivity contribution in [2.75, 3.05) is 10.7 Å². The molecule has 8 nitrogen and oxygen atoms in total. The molecule has 1 aliphatic rings. The van der Waals surface area contributed by atoms with Crippen LogP contribution >= 0.6 is 11.8 Å². The van der Waals surface area contributed by atoms with Gasteiger partial charge < -0.3 is 15.0 Å². The fourth-order valence-electron chi connectivity index (χ4n) is 4.81. The molecule has 12 heteroatoms. The summed E-state index contributed by atoms with van der Waals surface area (Å²) in [6.07, 6.45) is -1.38. The van der Waals surface area contributed by atoms with E-state index in [9.17, 15) is 18.0 Å². The van der Waals surface area contributed by atoms with Gasteiger partial charge in [0.25, 0.3) is 0 Å². The first kappa shape index (κ1) is 30.1. The molecule has 0 spiro atoms. The Balaban J connectivity index is 1.25. The van der Waals surface area contributed by atoms with E-state index in [1.54, 1.807) is 11.8 Å². The summed E-state index contributed by atoms with van der Waals surface area (Å²) < 4.78 is 42.6. The second kappa shape index (κ2) is 12.9. The third-order valence-electron chi connectivity index (χ3n) is 7.08. The number of amides is 2. The Labute approximate surface area is 252 Å². The minimum absolute atomic E-state index is 0.227. The van der Waals surface area contributed by atoms with Gasteiger partial charge in [0.05, 0.1) is 11.7 Å². The number of alkyl halides is 3. The first-order chi connectivity index (χ1) is 20.6. The molecular formula is C31H31F3N6O2S. The molecule has 5 rings (SSSR count). The first-order valence-corrected chi connectivity index (χ1v) is 14.9. The van der Waals surface area contributed by atoms with Crippen molar-refractivity contribution < 1.29 is 22.7 Å². The average molecular weight is 609 g/mol. The van der Waals surface area contributed by atoms with Crippen LogP contribution < -0.4 is 15.0 Å². The van der Waals surface area contributed by atoms with Gasteiger partial charge in [-0.05, 0) is 68.1 Å². The molecule has 2 unspecified atom stereocenters. The second-order valence-electron chi connectivity index (χ2n) is 10.1. The number of aryl methyl sites for hydroxylation is 1. The number of aromatic nitrogens is 3. The molecule has 0 aliphatic carbocycles. The van der Waals surface area contributed by atoms with Crippen molar-refractivity contribution in [2.24, 2.45) is 4.99 Å². The van der Waals surface area contributed by atoms with Crippen molar-refractivity contribution in [3.05, 3.63) is 90.3 Å². The zero-order valence-electron chi connectivity index (χ0n) is 23.9.